The van der Waals surface area contributed by atoms with E-state index in [9.17, 15) is 14.4 Å². The number of hydrogen-bond donors (Lipinski definition) is 2. The second-order valence-electron chi connectivity index (χ2n) is 4.46. The molecule has 0 aliphatic carbocycles. The SMILES string of the molecule is CCCC[C@H](NC(=O)N(C)CCC(=O)OCC)C(=O)O. The average Bonchev–Trinajstić information content (AvgIpc) is 2.40. The van der Waals surface area contributed by atoms with Crippen molar-refractivity contribution in [1.82, 2.24) is 10.2 Å². The highest BCUT2D eigenvalue weighted by Gasteiger charge is 2.21. The van der Waals surface area contributed by atoms with Crippen molar-refractivity contribution in [3.05, 3.63) is 0 Å². The third-order valence-electron chi connectivity index (χ3n) is 2.75. The van der Waals surface area contributed by atoms with Gasteiger partial charge in [-0.1, -0.05) is 19.8 Å². The first-order valence-electron chi connectivity index (χ1n) is 6.82. The van der Waals surface area contributed by atoms with Crippen molar-refractivity contribution in [3.8, 4) is 0 Å². The van der Waals surface area contributed by atoms with Crippen LogP contribution < -0.4 is 5.32 Å². The summed E-state index contributed by atoms with van der Waals surface area (Å²) < 4.78 is 4.75. The maximum Gasteiger partial charge on any atom is 0.326 e. The summed E-state index contributed by atoms with van der Waals surface area (Å²) >= 11 is 0. The molecule has 2 N–H and O–H groups in total. The van der Waals surface area contributed by atoms with Gasteiger partial charge >= 0.3 is 18.0 Å². The van der Waals surface area contributed by atoms with E-state index in [2.05, 4.69) is 5.32 Å². The molecule has 0 aromatic carbocycles. The number of rotatable bonds is 9. The lowest BCUT2D eigenvalue weighted by Crippen LogP contribution is -2.47. The van der Waals surface area contributed by atoms with Gasteiger partial charge in [0.05, 0.1) is 13.0 Å². The van der Waals surface area contributed by atoms with Gasteiger partial charge in [-0.15, -0.1) is 0 Å². The van der Waals surface area contributed by atoms with Crippen molar-refractivity contribution >= 4 is 18.0 Å². The number of carbonyl (C=O) groups excluding carboxylic acids is 2. The van der Waals surface area contributed by atoms with Crippen LogP contribution in [0, 0.1) is 0 Å². The minimum Gasteiger partial charge on any atom is -0.480 e. The van der Waals surface area contributed by atoms with Crippen LogP contribution in [0.3, 0.4) is 0 Å². The smallest absolute Gasteiger partial charge is 0.326 e. The van der Waals surface area contributed by atoms with E-state index in [1.165, 1.54) is 11.9 Å². The lowest BCUT2D eigenvalue weighted by Gasteiger charge is -2.21. The van der Waals surface area contributed by atoms with E-state index in [0.29, 0.717) is 13.0 Å². The molecule has 2 amide bonds. The highest BCUT2D eigenvalue weighted by Crippen LogP contribution is 2.02. The fraction of sp³-hybridized carbons (Fsp3) is 0.769. The molecule has 7 nitrogen and oxygen atoms in total. The summed E-state index contributed by atoms with van der Waals surface area (Å²) in [6.07, 6.45) is 2.07. The summed E-state index contributed by atoms with van der Waals surface area (Å²) in [6.45, 7) is 4.14. The molecule has 20 heavy (non-hydrogen) atoms. The zero-order valence-electron chi connectivity index (χ0n) is 12.3. The number of amides is 2. The second-order valence-corrected chi connectivity index (χ2v) is 4.46. The van der Waals surface area contributed by atoms with E-state index in [0.717, 1.165) is 12.8 Å². The molecule has 7 heteroatoms. The fourth-order valence-electron chi connectivity index (χ4n) is 1.52. The van der Waals surface area contributed by atoms with Crippen LogP contribution in [0.15, 0.2) is 0 Å². The lowest BCUT2D eigenvalue weighted by molar-refractivity contribution is -0.143. The largest absolute Gasteiger partial charge is 0.480 e. The number of urea groups is 1. The number of nitrogens with zero attached hydrogens (tertiary/aromatic N) is 1. The van der Waals surface area contributed by atoms with Crippen LogP contribution in [0.25, 0.3) is 0 Å². The van der Waals surface area contributed by atoms with Crippen molar-refractivity contribution in [1.29, 1.82) is 0 Å². The van der Waals surface area contributed by atoms with Crippen LogP contribution in [-0.4, -0.2) is 54.2 Å². The Morgan fingerprint density at radius 3 is 2.45 bits per heavy atom. The standard InChI is InChI=1S/C13H24N2O5/c1-4-6-7-10(12(17)18)14-13(19)15(3)9-8-11(16)20-5-2/h10H,4-9H2,1-3H3,(H,14,19)(H,17,18)/t10-/m0/s1. The van der Waals surface area contributed by atoms with Gasteiger partial charge in [0.25, 0.3) is 0 Å². The van der Waals surface area contributed by atoms with E-state index in [4.69, 9.17) is 9.84 Å². The van der Waals surface area contributed by atoms with Crippen molar-refractivity contribution in [2.24, 2.45) is 0 Å². The van der Waals surface area contributed by atoms with Crippen molar-refractivity contribution in [3.63, 3.8) is 0 Å². The molecule has 0 radical (unpaired) electrons. The van der Waals surface area contributed by atoms with Gasteiger partial charge < -0.3 is 20.1 Å². The Morgan fingerprint density at radius 1 is 1.30 bits per heavy atom. The monoisotopic (exact) mass is 288 g/mol. The van der Waals surface area contributed by atoms with Crippen LogP contribution in [0.2, 0.25) is 0 Å². The lowest BCUT2D eigenvalue weighted by atomic mass is 10.1. The first-order chi connectivity index (χ1) is 9.42. The van der Waals surface area contributed by atoms with Gasteiger partial charge in [0.2, 0.25) is 0 Å². The van der Waals surface area contributed by atoms with Gasteiger partial charge in [-0.3, -0.25) is 4.79 Å². The Balaban J connectivity index is 4.21. The van der Waals surface area contributed by atoms with Crippen LogP contribution in [0.5, 0.6) is 0 Å². The molecule has 0 aromatic rings. The molecule has 0 aliphatic rings. The first kappa shape index (κ1) is 18.2. The molecule has 116 valence electrons. The van der Waals surface area contributed by atoms with Gasteiger partial charge in [-0.25, -0.2) is 9.59 Å². The number of hydrogen-bond acceptors (Lipinski definition) is 4. The molecule has 1 atom stereocenters. The molecule has 0 heterocycles. The predicted molar refractivity (Wildman–Crippen MR) is 73.4 cm³/mol. The number of carbonyl (C=O) groups is 3. The molecule has 0 saturated heterocycles. The van der Waals surface area contributed by atoms with E-state index in [1.54, 1.807) is 6.92 Å². The van der Waals surface area contributed by atoms with Crippen molar-refractivity contribution < 1.29 is 24.2 Å². The maximum atomic E-state index is 11.8. The fourth-order valence-corrected chi connectivity index (χ4v) is 1.52. The Kier molecular flexibility index (Phi) is 9.15. The minimum absolute atomic E-state index is 0.0878. The van der Waals surface area contributed by atoms with Gasteiger partial charge in [0.1, 0.15) is 6.04 Å². The van der Waals surface area contributed by atoms with Crippen LogP contribution >= 0.6 is 0 Å². The average molecular weight is 288 g/mol. The van der Waals surface area contributed by atoms with E-state index < -0.39 is 18.0 Å². The van der Waals surface area contributed by atoms with Gasteiger partial charge in [-0.05, 0) is 13.3 Å². The maximum absolute atomic E-state index is 11.8. The number of carboxylic acid groups (broad SMARTS) is 1. The van der Waals surface area contributed by atoms with E-state index in [-0.39, 0.29) is 18.9 Å². The molecule has 0 bridgehead atoms. The molecular weight excluding hydrogens is 264 g/mol. The van der Waals surface area contributed by atoms with Gasteiger partial charge in [0, 0.05) is 13.6 Å². The zero-order valence-corrected chi connectivity index (χ0v) is 12.3. The second kappa shape index (κ2) is 10.1. The van der Waals surface area contributed by atoms with Crippen LogP contribution in [-0.2, 0) is 14.3 Å². The van der Waals surface area contributed by atoms with Gasteiger partial charge in [0.15, 0.2) is 0 Å². The number of ether oxygens (including phenoxy) is 1. The zero-order chi connectivity index (χ0) is 15.5. The number of aliphatic carboxylic acids is 1. The molecule has 0 fully saturated rings. The molecule has 0 rings (SSSR count). The minimum atomic E-state index is -1.05. The Bertz CT molecular complexity index is 333. The molecule has 0 spiro atoms. The predicted octanol–water partition coefficient (Wildman–Crippen LogP) is 1.22. The number of nitrogens with one attached hydrogen (secondary N) is 1. The quantitative estimate of drug-likeness (QED) is 0.622. The van der Waals surface area contributed by atoms with Crippen molar-refractivity contribution in [2.75, 3.05) is 20.2 Å². The highest BCUT2D eigenvalue weighted by molar-refractivity contribution is 5.82. The van der Waals surface area contributed by atoms with Crippen molar-refractivity contribution in [2.45, 2.75) is 45.6 Å². The summed E-state index contributed by atoms with van der Waals surface area (Å²) in [6, 6.07) is -1.40. The third kappa shape index (κ3) is 7.60. The highest BCUT2D eigenvalue weighted by atomic mass is 16.5. The topological polar surface area (TPSA) is 95.9 Å². The first-order valence-corrected chi connectivity index (χ1v) is 6.82. The molecule has 0 aliphatic heterocycles. The van der Waals surface area contributed by atoms with E-state index in [1.807, 2.05) is 6.92 Å². The molecular formula is C13H24N2O5. The summed E-state index contributed by atoms with van der Waals surface area (Å²) in [7, 11) is 1.51. The Labute approximate surface area is 119 Å². The number of carboxylic acids is 1. The van der Waals surface area contributed by atoms with Gasteiger partial charge in [-0.2, -0.15) is 0 Å². The van der Waals surface area contributed by atoms with E-state index >= 15 is 0 Å². The summed E-state index contributed by atoms with van der Waals surface area (Å²) in [5.41, 5.74) is 0. The molecule has 0 unspecified atom stereocenters. The van der Waals surface area contributed by atoms with Crippen LogP contribution in [0.1, 0.15) is 39.5 Å². The molecule has 0 aromatic heterocycles. The summed E-state index contributed by atoms with van der Waals surface area (Å²) in [5.74, 6) is -1.43. The Morgan fingerprint density at radius 2 is 1.95 bits per heavy atom. The van der Waals surface area contributed by atoms with Crippen LogP contribution in [0.4, 0.5) is 4.79 Å². The summed E-state index contributed by atoms with van der Waals surface area (Å²) in [5, 5.41) is 11.5. The normalized spacial score (nSPS) is 11.6. The Hall–Kier alpha value is -1.79. The number of unbranched alkanes of at least 4 members (excludes halogenated alkanes) is 1. The third-order valence-corrected chi connectivity index (χ3v) is 2.75. The number of esters is 1. The molecule has 0 saturated carbocycles. The summed E-state index contributed by atoms with van der Waals surface area (Å²) in [4.78, 5) is 35.2.